The van der Waals surface area contributed by atoms with Gasteiger partial charge in [0.1, 0.15) is 0 Å². The lowest BCUT2D eigenvalue weighted by Gasteiger charge is -2.40. The second kappa shape index (κ2) is 8.60. The molecule has 0 unspecified atom stereocenters. The van der Waals surface area contributed by atoms with E-state index in [-0.39, 0.29) is 30.1 Å². The Kier molecular flexibility index (Phi) is 6.77. The first-order chi connectivity index (χ1) is 11.4. The molecule has 1 aliphatic heterocycles. The van der Waals surface area contributed by atoms with Crippen LogP contribution in [-0.2, 0) is 20.8 Å². The molecule has 0 aliphatic carbocycles. The molecule has 136 valence electrons. The fraction of sp³-hybridized carbons (Fsp3) is 0.765. The number of ether oxygens (including phenoxy) is 2. The van der Waals surface area contributed by atoms with Crippen LogP contribution in [0.2, 0.25) is 0 Å². The van der Waals surface area contributed by atoms with Gasteiger partial charge in [-0.25, -0.2) is 0 Å². The molecule has 1 aliphatic rings. The van der Waals surface area contributed by atoms with Crippen LogP contribution in [0.1, 0.15) is 27.7 Å². The molecule has 24 heavy (non-hydrogen) atoms. The van der Waals surface area contributed by atoms with E-state index in [1.54, 1.807) is 11.8 Å². The fourth-order valence-corrected chi connectivity index (χ4v) is 3.27. The lowest BCUT2D eigenvalue weighted by molar-refractivity contribution is -0.130. The Bertz CT molecular complexity index is 522. The van der Waals surface area contributed by atoms with Gasteiger partial charge in [0.25, 0.3) is 0 Å². The lowest BCUT2D eigenvalue weighted by Crippen LogP contribution is -2.55. The molecule has 1 aromatic rings. The molecule has 0 aromatic carbocycles. The zero-order chi connectivity index (χ0) is 17.7. The van der Waals surface area contributed by atoms with Gasteiger partial charge >= 0.3 is 0 Å². The summed E-state index contributed by atoms with van der Waals surface area (Å²) in [5.74, 6) is 0.775. The molecule has 0 saturated carbocycles. The molecular weight excluding hydrogens is 308 g/mol. The molecule has 1 amide bonds. The number of methoxy groups -OCH3 is 1. The number of morpholine rings is 1. The van der Waals surface area contributed by atoms with Gasteiger partial charge in [0.05, 0.1) is 31.4 Å². The maximum absolute atomic E-state index is 12.8. The molecule has 2 rings (SSSR count). The number of amides is 1. The van der Waals surface area contributed by atoms with E-state index in [1.165, 1.54) is 0 Å². The van der Waals surface area contributed by atoms with Crippen LogP contribution in [0.3, 0.4) is 0 Å². The van der Waals surface area contributed by atoms with Crippen LogP contribution in [0.15, 0.2) is 12.3 Å². The van der Waals surface area contributed by atoms with Gasteiger partial charge in [0.15, 0.2) is 5.82 Å². The van der Waals surface area contributed by atoms with Crippen molar-refractivity contribution in [3.05, 3.63) is 12.3 Å². The third-order valence-electron chi connectivity index (χ3n) is 4.16. The average molecular weight is 338 g/mol. The summed E-state index contributed by atoms with van der Waals surface area (Å²) < 4.78 is 12.6. The number of hydrogen-bond acceptors (Lipinski definition) is 5. The number of nitrogens with one attached hydrogen (secondary N) is 1. The van der Waals surface area contributed by atoms with E-state index in [1.807, 2.05) is 12.3 Å². The highest BCUT2D eigenvalue weighted by atomic mass is 16.5. The maximum atomic E-state index is 12.8. The van der Waals surface area contributed by atoms with Crippen molar-refractivity contribution in [1.82, 2.24) is 14.7 Å². The molecule has 0 bridgehead atoms. The van der Waals surface area contributed by atoms with E-state index in [2.05, 4.69) is 43.0 Å². The van der Waals surface area contributed by atoms with Crippen molar-refractivity contribution in [2.24, 2.45) is 5.92 Å². The Labute approximate surface area is 144 Å². The first-order valence-corrected chi connectivity index (χ1v) is 8.63. The van der Waals surface area contributed by atoms with Gasteiger partial charge in [-0.05, 0) is 19.8 Å². The summed E-state index contributed by atoms with van der Waals surface area (Å²) in [5, 5.41) is 7.32. The summed E-state index contributed by atoms with van der Waals surface area (Å²) in [4.78, 5) is 15.0. The van der Waals surface area contributed by atoms with Crippen LogP contribution < -0.4 is 5.32 Å². The number of carbonyl (C=O) groups excluding carboxylic acids is 1. The molecule has 2 heterocycles. The second-order valence-corrected chi connectivity index (χ2v) is 6.85. The van der Waals surface area contributed by atoms with E-state index in [0.717, 1.165) is 13.1 Å². The van der Waals surface area contributed by atoms with E-state index in [9.17, 15) is 4.79 Å². The zero-order valence-corrected chi connectivity index (χ0v) is 15.4. The molecule has 1 N–H and O–H groups in total. The minimum absolute atomic E-state index is 0.0108. The van der Waals surface area contributed by atoms with Crippen molar-refractivity contribution in [2.75, 3.05) is 32.1 Å². The summed E-state index contributed by atoms with van der Waals surface area (Å²) >= 11 is 0. The molecule has 7 heteroatoms. The van der Waals surface area contributed by atoms with E-state index < -0.39 is 0 Å². The third kappa shape index (κ3) is 5.03. The number of hydrogen-bond donors (Lipinski definition) is 1. The highest BCUT2D eigenvalue weighted by molar-refractivity contribution is 5.94. The van der Waals surface area contributed by atoms with Gasteiger partial charge in [-0.1, -0.05) is 13.8 Å². The Balaban J connectivity index is 2.02. The molecular formula is C17H30N4O3. The molecule has 0 radical (unpaired) electrons. The lowest BCUT2D eigenvalue weighted by atomic mass is 9.99. The normalized spacial score (nSPS) is 23.4. The van der Waals surface area contributed by atoms with Gasteiger partial charge in [-0.15, -0.1) is 0 Å². The number of carbonyl (C=O) groups is 1. The monoisotopic (exact) mass is 338 g/mol. The van der Waals surface area contributed by atoms with Gasteiger partial charge in [-0.3, -0.25) is 14.4 Å². The highest BCUT2D eigenvalue weighted by Gasteiger charge is 2.34. The summed E-state index contributed by atoms with van der Waals surface area (Å²) in [6.45, 7) is 11.0. The summed E-state index contributed by atoms with van der Waals surface area (Å²) in [6.07, 6.45) is 2.12. The average Bonchev–Trinajstić information content (AvgIpc) is 2.91. The molecule has 0 spiro atoms. The summed E-state index contributed by atoms with van der Waals surface area (Å²) in [6, 6.07) is 1.62. The van der Waals surface area contributed by atoms with Gasteiger partial charge in [0, 0.05) is 32.5 Å². The van der Waals surface area contributed by atoms with Crippen LogP contribution in [-0.4, -0.2) is 65.6 Å². The largest absolute Gasteiger partial charge is 0.383 e. The van der Waals surface area contributed by atoms with Crippen molar-refractivity contribution >= 4 is 11.7 Å². The van der Waals surface area contributed by atoms with Crippen LogP contribution in [0, 0.1) is 5.92 Å². The fourth-order valence-electron chi connectivity index (χ4n) is 3.27. The minimum atomic E-state index is -0.192. The summed E-state index contributed by atoms with van der Waals surface area (Å²) in [5.41, 5.74) is 0. The molecule has 7 nitrogen and oxygen atoms in total. The standard InChI is InChI=1S/C17H30N4O3/c1-12(2)16(20-10-13(3)24-14(4)11-20)17(22)18-15-6-7-21(19-15)8-9-23-5/h6-7,12-14,16H,8-11H2,1-5H3,(H,18,19,22)/t13-,14-,16-/m0/s1. The SMILES string of the molecule is COCCn1ccc(NC(=O)[C@H](C(C)C)N2C[C@H](C)O[C@@H](C)C2)n1. The molecule has 1 aromatic heterocycles. The predicted octanol–water partition coefficient (Wildman–Crippen LogP) is 1.60. The van der Waals surface area contributed by atoms with Crippen LogP contribution in [0.25, 0.3) is 0 Å². The van der Waals surface area contributed by atoms with Crippen molar-refractivity contribution in [3.63, 3.8) is 0 Å². The number of anilines is 1. The van der Waals surface area contributed by atoms with Crippen molar-refractivity contribution in [1.29, 1.82) is 0 Å². The molecule has 1 fully saturated rings. The predicted molar refractivity (Wildman–Crippen MR) is 92.9 cm³/mol. The highest BCUT2D eigenvalue weighted by Crippen LogP contribution is 2.20. The first-order valence-electron chi connectivity index (χ1n) is 8.63. The Hall–Kier alpha value is -1.44. The Morgan fingerprint density at radius 3 is 2.67 bits per heavy atom. The number of rotatable bonds is 7. The topological polar surface area (TPSA) is 68.6 Å². The van der Waals surface area contributed by atoms with E-state index in [4.69, 9.17) is 9.47 Å². The van der Waals surface area contributed by atoms with E-state index >= 15 is 0 Å². The van der Waals surface area contributed by atoms with Crippen molar-refractivity contribution in [3.8, 4) is 0 Å². The molecule has 1 saturated heterocycles. The van der Waals surface area contributed by atoms with Crippen molar-refractivity contribution in [2.45, 2.75) is 52.5 Å². The van der Waals surface area contributed by atoms with Crippen LogP contribution in [0.4, 0.5) is 5.82 Å². The number of aromatic nitrogens is 2. The van der Waals surface area contributed by atoms with Crippen LogP contribution >= 0.6 is 0 Å². The Morgan fingerprint density at radius 2 is 2.08 bits per heavy atom. The Morgan fingerprint density at radius 1 is 1.42 bits per heavy atom. The number of nitrogens with zero attached hydrogens (tertiary/aromatic N) is 3. The quantitative estimate of drug-likeness (QED) is 0.818. The van der Waals surface area contributed by atoms with Gasteiger partial charge in [0.2, 0.25) is 5.91 Å². The smallest absolute Gasteiger partial charge is 0.243 e. The second-order valence-electron chi connectivity index (χ2n) is 6.85. The maximum Gasteiger partial charge on any atom is 0.243 e. The van der Waals surface area contributed by atoms with Crippen molar-refractivity contribution < 1.29 is 14.3 Å². The minimum Gasteiger partial charge on any atom is -0.383 e. The summed E-state index contributed by atoms with van der Waals surface area (Å²) in [7, 11) is 1.66. The third-order valence-corrected chi connectivity index (χ3v) is 4.16. The van der Waals surface area contributed by atoms with Gasteiger partial charge < -0.3 is 14.8 Å². The zero-order valence-electron chi connectivity index (χ0n) is 15.4. The van der Waals surface area contributed by atoms with E-state index in [0.29, 0.717) is 19.0 Å². The molecule has 3 atom stereocenters. The van der Waals surface area contributed by atoms with Crippen LogP contribution in [0.5, 0.6) is 0 Å². The van der Waals surface area contributed by atoms with Gasteiger partial charge in [-0.2, -0.15) is 5.10 Å². The first kappa shape index (κ1) is 18.9.